The first-order valence-corrected chi connectivity index (χ1v) is 10.3. The van der Waals surface area contributed by atoms with Crippen molar-refractivity contribution in [2.24, 2.45) is 5.92 Å². The highest BCUT2D eigenvalue weighted by molar-refractivity contribution is 7.17. The van der Waals surface area contributed by atoms with Crippen molar-refractivity contribution in [3.63, 3.8) is 0 Å². The lowest BCUT2D eigenvalue weighted by Crippen LogP contribution is -2.17. The van der Waals surface area contributed by atoms with Gasteiger partial charge in [0.25, 0.3) is 0 Å². The summed E-state index contributed by atoms with van der Waals surface area (Å²) in [5.74, 6) is -1.23. The Hall–Kier alpha value is -2.63. The molecule has 1 atom stereocenters. The van der Waals surface area contributed by atoms with Crippen LogP contribution in [0.2, 0.25) is 5.02 Å². The van der Waals surface area contributed by atoms with E-state index >= 15 is 0 Å². The second kappa shape index (κ2) is 8.80. The van der Waals surface area contributed by atoms with Crippen LogP contribution in [0.1, 0.15) is 40.6 Å². The molecule has 0 aliphatic heterocycles. The molecule has 6 heteroatoms. The van der Waals surface area contributed by atoms with Crippen LogP contribution < -0.4 is 4.74 Å². The third kappa shape index (κ3) is 4.52. The largest absolute Gasteiger partial charge is 0.497 e. The Bertz CT molecular complexity index is 1020. The topological polar surface area (TPSA) is 63.6 Å². The minimum Gasteiger partial charge on any atom is -0.497 e. The van der Waals surface area contributed by atoms with Crippen molar-refractivity contribution in [2.45, 2.75) is 19.8 Å². The number of carbonyl (C=O) groups is 2. The monoisotopic (exact) mass is 428 g/mol. The molecule has 150 valence electrons. The van der Waals surface area contributed by atoms with E-state index < -0.39 is 11.9 Å². The van der Waals surface area contributed by atoms with Crippen LogP contribution in [0.4, 0.5) is 0 Å². The molecule has 0 aliphatic rings. The molecular formula is C23H21ClO4S. The van der Waals surface area contributed by atoms with E-state index in [0.29, 0.717) is 26.8 Å². The molecule has 3 aromatic rings. The van der Waals surface area contributed by atoms with Gasteiger partial charge in [0.2, 0.25) is 5.78 Å². The highest BCUT2D eigenvalue weighted by Crippen LogP contribution is 2.41. The van der Waals surface area contributed by atoms with Crippen molar-refractivity contribution in [1.82, 2.24) is 0 Å². The van der Waals surface area contributed by atoms with E-state index in [9.17, 15) is 14.7 Å². The lowest BCUT2D eigenvalue weighted by atomic mass is 9.87. The number of hydrogen-bond donors (Lipinski definition) is 1. The summed E-state index contributed by atoms with van der Waals surface area (Å²) in [6.07, 6.45) is 0. The van der Waals surface area contributed by atoms with Crippen molar-refractivity contribution in [3.8, 4) is 16.2 Å². The first-order valence-electron chi connectivity index (χ1n) is 9.13. The van der Waals surface area contributed by atoms with Gasteiger partial charge in [-0.3, -0.25) is 9.59 Å². The number of ketones is 1. The number of carboxylic acids is 1. The molecule has 0 radical (unpaired) electrons. The third-order valence-corrected chi connectivity index (χ3v) is 6.16. The normalized spacial score (nSPS) is 12.0. The predicted octanol–water partition coefficient (Wildman–Crippen LogP) is 6.13. The van der Waals surface area contributed by atoms with Gasteiger partial charge in [0.15, 0.2) is 0 Å². The number of carbonyl (C=O) groups excluding carboxylic acids is 1. The molecule has 0 saturated heterocycles. The lowest BCUT2D eigenvalue weighted by molar-refractivity contribution is -0.139. The first-order chi connectivity index (χ1) is 13.8. The Labute approximate surface area is 178 Å². The molecule has 0 aliphatic carbocycles. The molecule has 1 aromatic heterocycles. The van der Waals surface area contributed by atoms with Crippen molar-refractivity contribution >= 4 is 34.7 Å². The van der Waals surface area contributed by atoms with Crippen LogP contribution >= 0.6 is 22.9 Å². The number of carboxylic acid groups (broad SMARTS) is 1. The van der Waals surface area contributed by atoms with Gasteiger partial charge in [-0.05, 0) is 59.5 Å². The Kier molecular flexibility index (Phi) is 6.40. The minimum absolute atomic E-state index is 0.128. The van der Waals surface area contributed by atoms with Crippen molar-refractivity contribution in [2.75, 3.05) is 7.11 Å². The average molecular weight is 429 g/mol. The van der Waals surface area contributed by atoms with Crippen LogP contribution in [-0.4, -0.2) is 24.0 Å². The van der Waals surface area contributed by atoms with Crippen LogP contribution in [0.25, 0.3) is 10.4 Å². The highest BCUT2D eigenvalue weighted by Gasteiger charge is 2.30. The van der Waals surface area contributed by atoms with E-state index in [-0.39, 0.29) is 11.7 Å². The molecular weight excluding hydrogens is 408 g/mol. The van der Waals surface area contributed by atoms with Gasteiger partial charge in [-0.15, -0.1) is 11.3 Å². The number of ether oxygens (including phenoxy) is 1. The second-order valence-corrected chi connectivity index (χ2v) is 8.51. The fraction of sp³-hybridized carbons (Fsp3) is 0.217. The van der Waals surface area contributed by atoms with Crippen LogP contribution in [0.15, 0.2) is 54.6 Å². The number of halogens is 1. The lowest BCUT2D eigenvalue weighted by Gasteiger charge is -2.17. The number of methoxy groups -OCH3 is 1. The summed E-state index contributed by atoms with van der Waals surface area (Å²) in [5, 5.41) is 10.4. The number of benzene rings is 2. The Morgan fingerprint density at radius 3 is 2.17 bits per heavy atom. The van der Waals surface area contributed by atoms with Gasteiger partial charge in [0.1, 0.15) is 5.75 Å². The SMILES string of the molecule is COc1ccc(C(=O)c2cc(C(C(=O)O)C(C)C)c(-c3ccc(Cl)cc3)s2)cc1. The average Bonchev–Trinajstić information content (AvgIpc) is 3.12. The molecule has 4 nitrogen and oxygen atoms in total. The molecule has 2 aromatic carbocycles. The second-order valence-electron chi connectivity index (χ2n) is 7.02. The maximum Gasteiger partial charge on any atom is 0.311 e. The minimum atomic E-state index is -0.906. The van der Waals surface area contributed by atoms with Gasteiger partial charge in [-0.2, -0.15) is 0 Å². The fourth-order valence-corrected chi connectivity index (χ4v) is 4.54. The van der Waals surface area contributed by atoms with E-state index in [0.717, 1.165) is 10.4 Å². The molecule has 29 heavy (non-hydrogen) atoms. The highest BCUT2D eigenvalue weighted by atomic mass is 35.5. The summed E-state index contributed by atoms with van der Waals surface area (Å²) in [7, 11) is 1.57. The van der Waals surface area contributed by atoms with E-state index in [1.807, 2.05) is 26.0 Å². The Morgan fingerprint density at radius 1 is 1.03 bits per heavy atom. The summed E-state index contributed by atoms with van der Waals surface area (Å²) in [4.78, 5) is 26.3. The van der Waals surface area contributed by atoms with E-state index in [2.05, 4.69) is 0 Å². The molecule has 0 bridgehead atoms. The molecule has 0 fully saturated rings. The number of thiophene rings is 1. The quantitative estimate of drug-likeness (QED) is 0.459. The van der Waals surface area contributed by atoms with Gasteiger partial charge >= 0.3 is 5.97 Å². The summed E-state index contributed by atoms with van der Waals surface area (Å²) in [5.41, 5.74) is 2.02. The van der Waals surface area contributed by atoms with Crippen LogP contribution in [0.5, 0.6) is 5.75 Å². The predicted molar refractivity (Wildman–Crippen MR) is 116 cm³/mol. The first kappa shape index (κ1) is 21.1. The number of hydrogen-bond acceptors (Lipinski definition) is 4. The van der Waals surface area contributed by atoms with Crippen molar-refractivity contribution in [1.29, 1.82) is 0 Å². The zero-order chi connectivity index (χ0) is 21.1. The molecule has 3 rings (SSSR count). The zero-order valence-electron chi connectivity index (χ0n) is 16.3. The molecule has 1 heterocycles. The summed E-state index contributed by atoms with van der Waals surface area (Å²) in [6.45, 7) is 3.74. The Balaban J connectivity index is 2.11. The van der Waals surface area contributed by atoms with Gasteiger partial charge in [-0.1, -0.05) is 37.6 Å². The van der Waals surface area contributed by atoms with Gasteiger partial charge in [0, 0.05) is 15.5 Å². The molecule has 1 N–H and O–H groups in total. The van der Waals surface area contributed by atoms with E-state index in [4.69, 9.17) is 16.3 Å². The standard InChI is InChI=1S/C23H21ClO4S/c1-13(2)20(23(26)27)18-12-19(21(25)14-6-10-17(28-3)11-7-14)29-22(18)15-4-8-16(24)9-5-15/h4-13,20H,1-3H3,(H,26,27). The number of rotatable bonds is 7. The van der Waals surface area contributed by atoms with Crippen molar-refractivity contribution < 1.29 is 19.4 Å². The maximum absolute atomic E-state index is 13.1. The van der Waals surface area contributed by atoms with Crippen LogP contribution in [0.3, 0.4) is 0 Å². The summed E-state index contributed by atoms with van der Waals surface area (Å²) >= 11 is 7.32. The smallest absolute Gasteiger partial charge is 0.311 e. The zero-order valence-corrected chi connectivity index (χ0v) is 17.9. The Morgan fingerprint density at radius 2 is 1.66 bits per heavy atom. The molecule has 0 spiro atoms. The van der Waals surface area contributed by atoms with Gasteiger partial charge in [0.05, 0.1) is 17.9 Å². The maximum atomic E-state index is 13.1. The van der Waals surface area contributed by atoms with Crippen LogP contribution in [-0.2, 0) is 4.79 Å². The molecule has 0 saturated carbocycles. The van der Waals surface area contributed by atoms with Crippen molar-refractivity contribution in [3.05, 3.63) is 75.6 Å². The van der Waals surface area contributed by atoms with E-state index in [1.165, 1.54) is 11.3 Å². The number of aliphatic carboxylic acids is 1. The van der Waals surface area contributed by atoms with E-state index in [1.54, 1.807) is 49.6 Å². The molecule has 0 amide bonds. The third-order valence-electron chi connectivity index (χ3n) is 4.71. The molecule has 1 unspecified atom stereocenters. The summed E-state index contributed by atoms with van der Waals surface area (Å²) < 4.78 is 5.14. The van der Waals surface area contributed by atoms with Crippen LogP contribution in [0, 0.1) is 5.92 Å². The summed E-state index contributed by atoms with van der Waals surface area (Å²) in [6, 6.07) is 15.8. The van der Waals surface area contributed by atoms with Gasteiger partial charge in [-0.25, -0.2) is 0 Å². The van der Waals surface area contributed by atoms with Gasteiger partial charge < -0.3 is 9.84 Å². The fourth-order valence-electron chi connectivity index (χ4n) is 3.24.